The van der Waals surface area contributed by atoms with Gasteiger partial charge in [-0.1, -0.05) is 71.2 Å². The summed E-state index contributed by atoms with van der Waals surface area (Å²) in [4.78, 5) is 50.1. The smallest absolute Gasteiger partial charge is 0.258 e. The maximum Gasteiger partial charge on any atom is 0.258 e. The van der Waals surface area contributed by atoms with Gasteiger partial charge in [-0.2, -0.15) is 20.5 Å². The summed E-state index contributed by atoms with van der Waals surface area (Å²) in [6.45, 7) is 8.17. The second-order valence-electron chi connectivity index (χ2n) is 10.9. The number of benzene rings is 4. The molecule has 0 saturated heterocycles. The van der Waals surface area contributed by atoms with E-state index in [1.54, 1.807) is 54.6 Å². The van der Waals surface area contributed by atoms with Crippen LogP contribution in [-0.2, 0) is 19.2 Å². The Morgan fingerprint density at radius 2 is 1.06 bits per heavy atom. The van der Waals surface area contributed by atoms with Crippen molar-refractivity contribution < 1.29 is 19.2 Å². The number of azo groups is 2. The first kappa shape index (κ1) is 34.8. The van der Waals surface area contributed by atoms with Gasteiger partial charge in [-0.15, -0.1) is 0 Å². The van der Waals surface area contributed by atoms with Gasteiger partial charge in [-0.3, -0.25) is 19.2 Å². The zero-order chi connectivity index (χ0) is 34.2. The first-order chi connectivity index (χ1) is 22.3. The number of ketones is 2. The minimum Gasteiger partial charge on any atom is -0.324 e. The Bertz CT molecular complexity index is 1920. The van der Waals surface area contributed by atoms with Gasteiger partial charge in [0.25, 0.3) is 11.8 Å². The molecule has 4 aromatic carbocycles. The van der Waals surface area contributed by atoms with Gasteiger partial charge in [0.1, 0.15) is 11.4 Å². The molecule has 10 nitrogen and oxygen atoms in total. The zero-order valence-electron chi connectivity index (χ0n) is 26.3. The number of hydrogen-bond donors (Lipinski definition) is 2. The summed E-state index contributed by atoms with van der Waals surface area (Å²) in [5, 5.41) is 22.1. The van der Waals surface area contributed by atoms with Crippen LogP contribution in [0.5, 0.6) is 0 Å². The maximum atomic E-state index is 12.9. The summed E-state index contributed by atoms with van der Waals surface area (Å²) in [6, 6.07) is 20.0. The molecular formula is C35H32Cl2N6O4. The Balaban J connectivity index is 1.47. The standard InChI is InChI=1S/C35H32Cl2N6O4/c1-19-10-13-29(21(3)16-19)39-35(47)33(23(5)45)43-41-31-15-12-25(18-27(31)37)24-11-14-30(26(36)17-24)40-42-32(22(4)44)34(46)38-28-9-7-6-8-20(28)2/h6-18,32-33H,1-5H3,(H,38,46)(H,39,47)/t32-,33-/m1/s1. The minimum absolute atomic E-state index is 0.229. The van der Waals surface area contributed by atoms with Gasteiger partial charge in [0, 0.05) is 11.4 Å². The van der Waals surface area contributed by atoms with E-state index in [1.807, 2.05) is 45.0 Å². The van der Waals surface area contributed by atoms with Crippen LogP contribution < -0.4 is 10.6 Å². The van der Waals surface area contributed by atoms with Gasteiger partial charge < -0.3 is 10.6 Å². The van der Waals surface area contributed by atoms with Crippen LogP contribution in [0.15, 0.2) is 99.3 Å². The largest absolute Gasteiger partial charge is 0.324 e. The molecule has 0 aliphatic carbocycles. The normalized spacial score (nSPS) is 12.6. The lowest BCUT2D eigenvalue weighted by molar-refractivity contribution is -0.127. The van der Waals surface area contributed by atoms with Crippen molar-refractivity contribution in [3.63, 3.8) is 0 Å². The Labute approximate surface area is 282 Å². The molecule has 2 amide bonds. The monoisotopic (exact) mass is 670 g/mol. The van der Waals surface area contributed by atoms with Crippen molar-refractivity contribution in [2.75, 3.05) is 10.6 Å². The molecule has 2 N–H and O–H groups in total. The highest BCUT2D eigenvalue weighted by atomic mass is 35.5. The third kappa shape index (κ3) is 9.02. The van der Waals surface area contributed by atoms with E-state index in [9.17, 15) is 19.2 Å². The number of nitrogens with zero attached hydrogens (tertiary/aromatic N) is 4. The van der Waals surface area contributed by atoms with Crippen molar-refractivity contribution in [1.82, 2.24) is 0 Å². The molecule has 12 heteroatoms. The average Bonchev–Trinajstić information content (AvgIpc) is 3.01. The molecule has 0 unspecified atom stereocenters. The van der Waals surface area contributed by atoms with E-state index in [0.29, 0.717) is 22.5 Å². The van der Waals surface area contributed by atoms with E-state index >= 15 is 0 Å². The highest BCUT2D eigenvalue weighted by Gasteiger charge is 2.25. The molecule has 0 fully saturated rings. The Morgan fingerprint density at radius 3 is 1.49 bits per heavy atom. The van der Waals surface area contributed by atoms with Crippen LogP contribution in [0.4, 0.5) is 22.7 Å². The molecule has 4 rings (SSSR count). The molecule has 0 saturated carbocycles. The van der Waals surface area contributed by atoms with E-state index in [4.69, 9.17) is 23.2 Å². The molecule has 240 valence electrons. The van der Waals surface area contributed by atoms with Crippen molar-refractivity contribution in [3.05, 3.63) is 106 Å². The highest BCUT2D eigenvalue weighted by molar-refractivity contribution is 6.34. The summed E-state index contributed by atoms with van der Waals surface area (Å²) >= 11 is 13.0. The number of carbonyl (C=O) groups excluding carboxylic acids is 4. The van der Waals surface area contributed by atoms with Crippen LogP contribution in [0.25, 0.3) is 11.1 Å². The lowest BCUT2D eigenvalue weighted by Crippen LogP contribution is -2.32. The number of nitrogens with one attached hydrogen (secondary N) is 2. The maximum absolute atomic E-state index is 12.9. The number of para-hydroxylation sites is 1. The van der Waals surface area contributed by atoms with Crippen LogP contribution in [0.3, 0.4) is 0 Å². The van der Waals surface area contributed by atoms with Gasteiger partial charge >= 0.3 is 0 Å². The molecular weight excluding hydrogens is 639 g/mol. The fourth-order valence-corrected chi connectivity index (χ4v) is 4.92. The number of hydrogen-bond acceptors (Lipinski definition) is 8. The van der Waals surface area contributed by atoms with Crippen LogP contribution in [-0.4, -0.2) is 35.5 Å². The molecule has 0 heterocycles. The van der Waals surface area contributed by atoms with Crippen molar-refractivity contribution in [2.45, 2.75) is 46.7 Å². The second kappa shape index (κ2) is 15.5. The predicted octanol–water partition coefficient (Wildman–Crippen LogP) is 8.95. The first-order valence-electron chi connectivity index (χ1n) is 14.5. The number of rotatable bonds is 11. The molecule has 47 heavy (non-hydrogen) atoms. The van der Waals surface area contributed by atoms with Crippen molar-refractivity contribution in [2.24, 2.45) is 20.5 Å². The number of anilines is 2. The quantitative estimate of drug-likeness (QED) is 0.121. The van der Waals surface area contributed by atoms with Gasteiger partial charge in [-0.05, 0) is 93.3 Å². The summed E-state index contributed by atoms with van der Waals surface area (Å²) in [5.41, 5.74) is 5.79. The van der Waals surface area contributed by atoms with Crippen LogP contribution in [0, 0.1) is 20.8 Å². The van der Waals surface area contributed by atoms with Gasteiger partial charge in [-0.25, -0.2) is 0 Å². The van der Waals surface area contributed by atoms with Crippen LogP contribution in [0.1, 0.15) is 30.5 Å². The van der Waals surface area contributed by atoms with E-state index in [0.717, 1.165) is 16.7 Å². The third-order valence-corrected chi connectivity index (χ3v) is 7.71. The molecule has 0 aliphatic rings. The van der Waals surface area contributed by atoms with E-state index in [1.165, 1.54) is 13.8 Å². The molecule has 2 atom stereocenters. The topological polar surface area (TPSA) is 142 Å². The molecule has 0 aliphatic heterocycles. The summed E-state index contributed by atoms with van der Waals surface area (Å²) < 4.78 is 0. The number of Topliss-reactive ketones (excluding diaryl/α,β-unsaturated/α-hetero) is 2. The molecule has 0 spiro atoms. The lowest BCUT2D eigenvalue weighted by atomic mass is 10.0. The Morgan fingerprint density at radius 1 is 0.596 bits per heavy atom. The molecule has 0 radical (unpaired) electrons. The summed E-state index contributed by atoms with van der Waals surface area (Å²) in [5.74, 6) is -2.16. The zero-order valence-corrected chi connectivity index (χ0v) is 27.8. The average molecular weight is 672 g/mol. The number of carbonyl (C=O) groups is 4. The van der Waals surface area contributed by atoms with Crippen molar-refractivity contribution in [1.29, 1.82) is 0 Å². The first-order valence-corrected chi connectivity index (χ1v) is 15.3. The van der Waals surface area contributed by atoms with Crippen LogP contribution in [0.2, 0.25) is 10.0 Å². The fourth-order valence-electron chi connectivity index (χ4n) is 4.48. The van der Waals surface area contributed by atoms with Gasteiger partial charge in [0.15, 0.2) is 11.6 Å². The second-order valence-corrected chi connectivity index (χ2v) is 11.7. The van der Waals surface area contributed by atoms with Crippen LogP contribution >= 0.6 is 23.2 Å². The van der Waals surface area contributed by atoms with E-state index < -0.39 is 35.5 Å². The molecule has 0 aromatic heterocycles. The lowest BCUT2D eigenvalue weighted by Gasteiger charge is -2.12. The van der Waals surface area contributed by atoms with E-state index in [-0.39, 0.29) is 21.4 Å². The highest BCUT2D eigenvalue weighted by Crippen LogP contribution is 2.35. The Kier molecular flexibility index (Phi) is 11.5. The molecule has 4 aromatic rings. The minimum atomic E-state index is -1.36. The number of aryl methyl sites for hydroxylation is 3. The SMILES string of the molecule is CC(=O)[C@@H](N=Nc1ccc(-c2ccc(N=N[C@H](C(C)=O)C(=O)Nc3ccc(C)cc3C)c(Cl)c2)cc1Cl)C(=O)Nc1ccccc1C. The fraction of sp³-hybridized carbons (Fsp3) is 0.200. The number of amides is 2. The Hall–Kier alpha value is -5.06. The summed E-state index contributed by atoms with van der Waals surface area (Å²) in [6.07, 6.45) is 0. The number of halogens is 2. The summed E-state index contributed by atoms with van der Waals surface area (Å²) in [7, 11) is 0. The van der Waals surface area contributed by atoms with Crippen molar-refractivity contribution in [3.8, 4) is 11.1 Å². The van der Waals surface area contributed by atoms with Crippen molar-refractivity contribution >= 4 is 69.3 Å². The van der Waals surface area contributed by atoms with Gasteiger partial charge in [0.05, 0.1) is 10.0 Å². The van der Waals surface area contributed by atoms with E-state index in [2.05, 4.69) is 31.1 Å². The molecule has 0 bridgehead atoms. The van der Waals surface area contributed by atoms with Gasteiger partial charge in [0.2, 0.25) is 12.1 Å². The third-order valence-electron chi connectivity index (χ3n) is 7.10. The predicted molar refractivity (Wildman–Crippen MR) is 184 cm³/mol.